The van der Waals surface area contributed by atoms with Gasteiger partial charge in [-0.25, -0.2) is 8.42 Å². The second kappa shape index (κ2) is 5.17. The number of hydrogen-bond donors (Lipinski definition) is 0. The topological polar surface area (TPSA) is 71.5 Å². The van der Waals surface area contributed by atoms with E-state index in [0.29, 0.717) is 4.31 Å². The van der Waals surface area contributed by atoms with Crippen molar-refractivity contribution in [1.29, 1.82) is 0 Å². The van der Waals surface area contributed by atoms with Crippen molar-refractivity contribution in [2.45, 2.75) is 11.8 Å². The lowest BCUT2D eigenvalue weighted by Crippen LogP contribution is -2.35. The maximum absolute atomic E-state index is 12.7. The average molecular weight is 427 g/mol. The van der Waals surface area contributed by atoms with E-state index < -0.39 is 21.7 Å². The Bertz CT molecular complexity index is 904. The first-order chi connectivity index (χ1) is 10.3. The molecule has 0 saturated carbocycles. The summed E-state index contributed by atoms with van der Waals surface area (Å²) >= 11 is 2.00. The van der Waals surface area contributed by atoms with Gasteiger partial charge in [-0.15, -0.1) is 0 Å². The second-order valence-corrected chi connectivity index (χ2v) is 7.91. The van der Waals surface area contributed by atoms with E-state index in [1.54, 1.807) is 18.2 Å². The van der Waals surface area contributed by atoms with Crippen LogP contribution >= 0.6 is 22.6 Å². The molecular weight excluding hydrogens is 417 g/mol. The monoisotopic (exact) mass is 427 g/mol. The van der Waals surface area contributed by atoms with Gasteiger partial charge < -0.3 is 0 Å². The Morgan fingerprint density at radius 1 is 1.00 bits per heavy atom. The lowest BCUT2D eigenvalue weighted by atomic mass is 10.1. The zero-order chi connectivity index (χ0) is 16.1. The van der Waals surface area contributed by atoms with Crippen molar-refractivity contribution >= 4 is 50.0 Å². The summed E-state index contributed by atoms with van der Waals surface area (Å²) in [6.07, 6.45) is 0. The molecule has 0 saturated heterocycles. The third kappa shape index (κ3) is 2.24. The van der Waals surface area contributed by atoms with E-state index in [2.05, 4.69) is 0 Å². The summed E-state index contributed by atoms with van der Waals surface area (Å²) in [4.78, 5) is 24.2. The third-order valence-electron chi connectivity index (χ3n) is 3.36. The van der Waals surface area contributed by atoms with Crippen LogP contribution in [0.25, 0.3) is 0 Å². The van der Waals surface area contributed by atoms with Gasteiger partial charge in [0.15, 0.2) is 0 Å². The van der Waals surface area contributed by atoms with E-state index in [0.717, 1.165) is 9.13 Å². The minimum atomic E-state index is -4.10. The molecule has 0 aromatic heterocycles. The van der Waals surface area contributed by atoms with Gasteiger partial charge in [-0.1, -0.05) is 17.7 Å². The van der Waals surface area contributed by atoms with Gasteiger partial charge >= 0.3 is 5.91 Å². The first-order valence-corrected chi connectivity index (χ1v) is 8.84. The van der Waals surface area contributed by atoms with E-state index in [1.165, 1.54) is 24.3 Å². The van der Waals surface area contributed by atoms with Crippen LogP contribution in [0.5, 0.6) is 0 Å². The molecule has 1 aliphatic heterocycles. The molecule has 1 amide bonds. The molecule has 2 aromatic rings. The van der Waals surface area contributed by atoms with Gasteiger partial charge in [-0.05, 0) is 59.8 Å². The molecule has 0 N–H and O–H groups in total. The molecule has 2 aromatic carbocycles. The molecule has 7 heteroatoms. The Balaban J connectivity index is 2.18. The van der Waals surface area contributed by atoms with Crippen LogP contribution in [-0.4, -0.2) is 20.1 Å². The summed E-state index contributed by atoms with van der Waals surface area (Å²) in [6, 6.07) is 10.8. The summed E-state index contributed by atoms with van der Waals surface area (Å²) in [5.41, 5.74) is 1.13. The molecule has 0 atom stereocenters. The molecule has 22 heavy (non-hydrogen) atoms. The fraction of sp³-hybridized carbons (Fsp3) is 0.0667. The molecule has 0 aliphatic carbocycles. The molecule has 0 bridgehead atoms. The zero-order valence-corrected chi connectivity index (χ0v) is 14.4. The number of benzene rings is 2. The van der Waals surface area contributed by atoms with Crippen molar-refractivity contribution in [3.63, 3.8) is 0 Å². The maximum Gasteiger partial charge on any atom is 0.313 e. The first-order valence-electron chi connectivity index (χ1n) is 6.32. The number of rotatable bonds is 2. The number of anilines is 1. The largest absolute Gasteiger partial charge is 0.313 e. The smallest absolute Gasteiger partial charge is 0.283 e. The molecule has 0 fully saturated rings. The molecule has 1 heterocycles. The molecule has 1 aliphatic rings. The van der Waals surface area contributed by atoms with Crippen LogP contribution in [0.4, 0.5) is 5.69 Å². The predicted octanol–water partition coefficient (Wildman–Crippen LogP) is 2.52. The van der Waals surface area contributed by atoms with Gasteiger partial charge in [-0.2, -0.15) is 4.31 Å². The summed E-state index contributed by atoms with van der Waals surface area (Å²) < 4.78 is 26.7. The van der Waals surface area contributed by atoms with Gasteiger partial charge in [0.05, 0.1) is 16.1 Å². The van der Waals surface area contributed by atoms with Crippen LogP contribution < -0.4 is 4.31 Å². The minimum absolute atomic E-state index is 0.0225. The normalized spacial score (nSPS) is 14.4. The Morgan fingerprint density at radius 3 is 2.27 bits per heavy atom. The van der Waals surface area contributed by atoms with Crippen molar-refractivity contribution in [2.75, 3.05) is 4.31 Å². The number of carbonyl (C=O) groups is 2. The van der Waals surface area contributed by atoms with Crippen molar-refractivity contribution < 1.29 is 18.0 Å². The van der Waals surface area contributed by atoms with Crippen LogP contribution in [-0.2, 0) is 14.8 Å². The van der Waals surface area contributed by atoms with E-state index in [9.17, 15) is 18.0 Å². The number of carbonyl (C=O) groups excluding carboxylic acids is 2. The Morgan fingerprint density at radius 2 is 1.64 bits per heavy atom. The van der Waals surface area contributed by atoms with E-state index in [-0.39, 0.29) is 16.1 Å². The Labute approximate surface area is 141 Å². The average Bonchev–Trinajstić information content (AvgIpc) is 2.72. The van der Waals surface area contributed by atoms with Crippen molar-refractivity contribution in [3.8, 4) is 0 Å². The molecule has 0 radical (unpaired) electrons. The van der Waals surface area contributed by atoms with E-state index in [4.69, 9.17) is 0 Å². The van der Waals surface area contributed by atoms with Crippen LogP contribution in [0.1, 0.15) is 15.9 Å². The van der Waals surface area contributed by atoms with Gasteiger partial charge in [0.25, 0.3) is 15.8 Å². The summed E-state index contributed by atoms with van der Waals surface area (Å²) in [5, 5.41) is 0. The van der Waals surface area contributed by atoms with Crippen molar-refractivity contribution in [1.82, 2.24) is 0 Å². The lowest BCUT2D eigenvalue weighted by molar-refractivity contribution is -0.113. The summed E-state index contributed by atoms with van der Waals surface area (Å²) in [6.45, 7) is 1.83. The van der Waals surface area contributed by atoms with E-state index in [1.807, 2.05) is 29.5 Å². The SMILES string of the molecule is Cc1ccc(S(=O)(=O)N2C(=O)C(=O)c3cc(I)ccc32)cc1. The van der Waals surface area contributed by atoms with Crippen molar-refractivity contribution in [3.05, 3.63) is 57.2 Å². The second-order valence-electron chi connectivity index (χ2n) is 4.88. The maximum atomic E-state index is 12.7. The zero-order valence-electron chi connectivity index (χ0n) is 11.4. The number of ketones is 1. The van der Waals surface area contributed by atoms with E-state index >= 15 is 0 Å². The minimum Gasteiger partial charge on any atom is -0.283 e. The fourth-order valence-electron chi connectivity index (χ4n) is 2.24. The molecule has 3 rings (SSSR count). The van der Waals surface area contributed by atoms with Crippen LogP contribution in [0.15, 0.2) is 47.4 Å². The quantitative estimate of drug-likeness (QED) is 0.546. The number of nitrogens with zero attached hydrogens (tertiary/aromatic N) is 1. The number of Topliss-reactive ketones (excluding diaryl/α,β-unsaturated/α-hetero) is 1. The molecule has 0 unspecified atom stereocenters. The van der Waals surface area contributed by atoms with Crippen LogP contribution in [0.3, 0.4) is 0 Å². The molecule has 112 valence electrons. The number of aryl methyl sites for hydroxylation is 1. The Hall–Kier alpha value is -1.74. The standard InChI is InChI=1S/C15H10INO4S/c1-9-2-5-11(6-3-9)22(20,21)17-13-7-4-10(16)8-12(13)14(18)15(17)19/h2-8H,1H3. The van der Waals surface area contributed by atoms with Crippen molar-refractivity contribution in [2.24, 2.45) is 0 Å². The van der Waals surface area contributed by atoms with Gasteiger partial charge in [-0.3, -0.25) is 9.59 Å². The highest BCUT2D eigenvalue weighted by Crippen LogP contribution is 2.34. The number of hydrogen-bond acceptors (Lipinski definition) is 4. The fourth-order valence-corrected chi connectivity index (χ4v) is 4.14. The van der Waals surface area contributed by atoms with Crippen LogP contribution in [0, 0.1) is 10.5 Å². The highest BCUT2D eigenvalue weighted by Gasteiger charge is 2.43. The molecule has 5 nitrogen and oxygen atoms in total. The number of fused-ring (bicyclic) bond motifs is 1. The molecule has 0 spiro atoms. The summed E-state index contributed by atoms with van der Waals surface area (Å²) in [5.74, 6) is -1.85. The highest BCUT2D eigenvalue weighted by atomic mass is 127. The number of sulfonamides is 1. The predicted molar refractivity (Wildman–Crippen MR) is 89.3 cm³/mol. The number of halogens is 1. The third-order valence-corrected chi connectivity index (χ3v) is 5.74. The van der Waals surface area contributed by atoms with Gasteiger partial charge in [0.1, 0.15) is 0 Å². The lowest BCUT2D eigenvalue weighted by Gasteiger charge is -2.17. The Kier molecular flexibility index (Phi) is 3.56. The van der Waals surface area contributed by atoms with Gasteiger partial charge in [0.2, 0.25) is 0 Å². The number of amides is 1. The molecular formula is C15H10INO4S. The highest BCUT2D eigenvalue weighted by molar-refractivity contribution is 14.1. The van der Waals surface area contributed by atoms with Gasteiger partial charge in [0, 0.05) is 3.57 Å². The van der Waals surface area contributed by atoms with Crippen LogP contribution in [0.2, 0.25) is 0 Å². The summed E-state index contributed by atoms with van der Waals surface area (Å²) in [7, 11) is -4.10. The first kappa shape index (κ1) is 15.2.